The first-order chi connectivity index (χ1) is 7.70. The van der Waals surface area contributed by atoms with Crippen molar-refractivity contribution < 1.29 is 0 Å². The Labute approximate surface area is 98.7 Å². The molecule has 1 atom stereocenters. The minimum absolute atomic E-state index is 0.537. The van der Waals surface area contributed by atoms with E-state index in [4.69, 9.17) is 0 Å². The first-order valence-electron chi connectivity index (χ1n) is 6.37. The molecule has 2 nitrogen and oxygen atoms in total. The molecule has 16 heavy (non-hydrogen) atoms. The molecular weight excluding hydrogens is 196 g/mol. The molecule has 2 heterocycles. The van der Waals surface area contributed by atoms with E-state index >= 15 is 0 Å². The number of hydrogen-bond acceptors (Lipinski definition) is 2. The fraction of sp³-hybridized carbons (Fsp3) is 0.643. The van der Waals surface area contributed by atoms with Crippen LogP contribution in [0.3, 0.4) is 0 Å². The summed E-state index contributed by atoms with van der Waals surface area (Å²) in [6.07, 6.45) is 5.86. The van der Waals surface area contributed by atoms with Gasteiger partial charge in [0, 0.05) is 12.2 Å². The van der Waals surface area contributed by atoms with E-state index in [1.165, 1.54) is 37.1 Å². The standard InChI is InChI=1S/C14H22N2/c1-11(2)16-10-5-4-8-13(16)14-12(3)7-6-9-15-14/h6-7,9,11,13H,4-5,8,10H2,1-3H3. The Hall–Kier alpha value is -0.890. The zero-order valence-electron chi connectivity index (χ0n) is 10.6. The van der Waals surface area contributed by atoms with E-state index < -0.39 is 0 Å². The molecule has 0 aliphatic carbocycles. The maximum atomic E-state index is 4.59. The summed E-state index contributed by atoms with van der Waals surface area (Å²) < 4.78 is 0. The van der Waals surface area contributed by atoms with Crippen LogP contribution in [0.1, 0.15) is 50.4 Å². The number of nitrogens with zero attached hydrogens (tertiary/aromatic N) is 2. The summed E-state index contributed by atoms with van der Waals surface area (Å²) in [5.41, 5.74) is 2.62. The lowest BCUT2D eigenvalue weighted by atomic mass is 9.95. The molecule has 0 bridgehead atoms. The summed E-state index contributed by atoms with van der Waals surface area (Å²) in [6.45, 7) is 7.97. The highest BCUT2D eigenvalue weighted by Gasteiger charge is 2.27. The van der Waals surface area contributed by atoms with Crippen molar-refractivity contribution in [1.82, 2.24) is 9.88 Å². The van der Waals surface area contributed by atoms with E-state index in [9.17, 15) is 0 Å². The van der Waals surface area contributed by atoms with Crippen molar-refractivity contribution in [2.24, 2.45) is 0 Å². The van der Waals surface area contributed by atoms with Crippen LogP contribution in [0.15, 0.2) is 18.3 Å². The van der Waals surface area contributed by atoms with E-state index in [0.717, 1.165) is 0 Å². The van der Waals surface area contributed by atoms with Crippen molar-refractivity contribution >= 4 is 0 Å². The van der Waals surface area contributed by atoms with Gasteiger partial charge in [-0.05, 0) is 51.8 Å². The second-order valence-corrected chi connectivity index (χ2v) is 5.05. The lowest BCUT2D eigenvalue weighted by Gasteiger charge is -2.38. The van der Waals surface area contributed by atoms with Gasteiger partial charge in [-0.15, -0.1) is 0 Å². The number of likely N-dealkylation sites (tertiary alicyclic amines) is 1. The topological polar surface area (TPSA) is 16.1 Å². The van der Waals surface area contributed by atoms with Crippen LogP contribution >= 0.6 is 0 Å². The summed E-state index contributed by atoms with van der Waals surface area (Å²) in [5.74, 6) is 0. The predicted octanol–water partition coefficient (Wildman–Crippen LogP) is 3.33. The normalized spacial score (nSPS) is 22.6. The molecule has 1 unspecified atom stereocenters. The van der Waals surface area contributed by atoms with Gasteiger partial charge in [0.05, 0.1) is 11.7 Å². The van der Waals surface area contributed by atoms with Crippen molar-refractivity contribution in [1.29, 1.82) is 0 Å². The van der Waals surface area contributed by atoms with Crippen LogP contribution in [0.2, 0.25) is 0 Å². The Bertz CT molecular complexity index is 346. The van der Waals surface area contributed by atoms with Gasteiger partial charge in [0.15, 0.2) is 0 Å². The molecule has 0 spiro atoms. The molecule has 1 aliphatic rings. The molecule has 1 aliphatic heterocycles. The molecular formula is C14H22N2. The first kappa shape index (κ1) is 11.6. The van der Waals surface area contributed by atoms with Gasteiger partial charge in [-0.25, -0.2) is 0 Å². The summed E-state index contributed by atoms with van der Waals surface area (Å²) >= 11 is 0. The lowest BCUT2D eigenvalue weighted by Crippen LogP contribution is -2.39. The average molecular weight is 218 g/mol. The summed E-state index contributed by atoms with van der Waals surface area (Å²) in [7, 11) is 0. The molecule has 0 saturated carbocycles. The Morgan fingerprint density at radius 3 is 2.88 bits per heavy atom. The number of aromatic nitrogens is 1. The van der Waals surface area contributed by atoms with Crippen molar-refractivity contribution in [2.45, 2.75) is 52.1 Å². The van der Waals surface area contributed by atoms with Crippen LogP contribution in [0, 0.1) is 6.92 Å². The minimum atomic E-state index is 0.537. The quantitative estimate of drug-likeness (QED) is 0.757. The van der Waals surface area contributed by atoms with E-state index in [1.54, 1.807) is 0 Å². The van der Waals surface area contributed by atoms with Crippen LogP contribution in [0.4, 0.5) is 0 Å². The third kappa shape index (κ3) is 2.27. The maximum absolute atomic E-state index is 4.59. The Balaban J connectivity index is 2.27. The SMILES string of the molecule is Cc1cccnc1C1CCCCN1C(C)C. The highest BCUT2D eigenvalue weighted by Crippen LogP contribution is 2.32. The Kier molecular flexibility index (Phi) is 3.59. The van der Waals surface area contributed by atoms with E-state index in [2.05, 4.69) is 36.7 Å². The number of piperidine rings is 1. The Morgan fingerprint density at radius 1 is 1.38 bits per heavy atom. The minimum Gasteiger partial charge on any atom is -0.292 e. The monoisotopic (exact) mass is 218 g/mol. The molecule has 2 heteroatoms. The molecule has 2 rings (SSSR count). The Morgan fingerprint density at radius 2 is 2.19 bits per heavy atom. The van der Waals surface area contributed by atoms with Crippen LogP contribution < -0.4 is 0 Å². The highest BCUT2D eigenvalue weighted by molar-refractivity contribution is 5.21. The van der Waals surface area contributed by atoms with Crippen LogP contribution in [-0.4, -0.2) is 22.5 Å². The highest BCUT2D eigenvalue weighted by atomic mass is 15.2. The lowest BCUT2D eigenvalue weighted by molar-refractivity contribution is 0.109. The van der Waals surface area contributed by atoms with Crippen molar-refractivity contribution in [2.75, 3.05) is 6.54 Å². The number of pyridine rings is 1. The largest absolute Gasteiger partial charge is 0.292 e. The number of aryl methyl sites for hydroxylation is 1. The summed E-state index contributed by atoms with van der Waals surface area (Å²) in [4.78, 5) is 7.19. The van der Waals surface area contributed by atoms with Crippen molar-refractivity contribution in [3.8, 4) is 0 Å². The van der Waals surface area contributed by atoms with Crippen molar-refractivity contribution in [3.63, 3.8) is 0 Å². The van der Waals surface area contributed by atoms with Gasteiger partial charge in [0.2, 0.25) is 0 Å². The van der Waals surface area contributed by atoms with Crippen molar-refractivity contribution in [3.05, 3.63) is 29.6 Å². The first-order valence-corrected chi connectivity index (χ1v) is 6.37. The van der Waals surface area contributed by atoms with Crippen LogP contribution in [0.5, 0.6) is 0 Å². The zero-order chi connectivity index (χ0) is 11.5. The summed E-state index contributed by atoms with van der Waals surface area (Å²) in [5, 5.41) is 0. The summed E-state index contributed by atoms with van der Waals surface area (Å²) in [6, 6.07) is 5.36. The number of hydrogen-bond donors (Lipinski definition) is 0. The average Bonchev–Trinajstić information content (AvgIpc) is 2.29. The predicted molar refractivity (Wildman–Crippen MR) is 67.4 cm³/mol. The molecule has 0 amide bonds. The van der Waals surface area contributed by atoms with Gasteiger partial charge in [0.25, 0.3) is 0 Å². The molecule has 1 aromatic heterocycles. The smallest absolute Gasteiger partial charge is 0.0604 e. The molecule has 0 N–H and O–H groups in total. The van der Waals surface area contributed by atoms with Gasteiger partial charge < -0.3 is 0 Å². The maximum Gasteiger partial charge on any atom is 0.0604 e. The van der Waals surface area contributed by atoms with Crippen LogP contribution in [0.25, 0.3) is 0 Å². The van der Waals surface area contributed by atoms with Gasteiger partial charge in [-0.3, -0.25) is 9.88 Å². The van der Waals surface area contributed by atoms with Crippen LogP contribution in [-0.2, 0) is 0 Å². The molecule has 1 fully saturated rings. The second-order valence-electron chi connectivity index (χ2n) is 5.05. The van der Waals surface area contributed by atoms with Gasteiger partial charge in [-0.2, -0.15) is 0 Å². The van der Waals surface area contributed by atoms with Gasteiger partial charge in [0.1, 0.15) is 0 Å². The zero-order valence-corrected chi connectivity index (χ0v) is 10.6. The molecule has 0 radical (unpaired) electrons. The fourth-order valence-corrected chi connectivity index (χ4v) is 2.71. The molecule has 1 saturated heterocycles. The third-order valence-electron chi connectivity index (χ3n) is 3.57. The van der Waals surface area contributed by atoms with E-state index in [-0.39, 0.29) is 0 Å². The number of rotatable bonds is 2. The van der Waals surface area contributed by atoms with Gasteiger partial charge >= 0.3 is 0 Å². The van der Waals surface area contributed by atoms with E-state index in [1.807, 2.05) is 12.3 Å². The molecule has 1 aromatic rings. The van der Waals surface area contributed by atoms with Gasteiger partial charge in [-0.1, -0.05) is 12.5 Å². The second kappa shape index (κ2) is 4.96. The molecule has 0 aromatic carbocycles. The van der Waals surface area contributed by atoms with E-state index in [0.29, 0.717) is 12.1 Å². The fourth-order valence-electron chi connectivity index (χ4n) is 2.71. The molecule has 88 valence electrons. The third-order valence-corrected chi connectivity index (χ3v) is 3.57.